The molecule has 2 atom stereocenters. The molecule has 7 nitrogen and oxygen atoms in total. The van der Waals surface area contributed by atoms with E-state index >= 15 is 0 Å². The van der Waals surface area contributed by atoms with E-state index in [1.807, 2.05) is 39.0 Å². The summed E-state index contributed by atoms with van der Waals surface area (Å²) in [5.41, 5.74) is 2.67. The molecule has 25 heavy (non-hydrogen) atoms. The van der Waals surface area contributed by atoms with Gasteiger partial charge in [0.1, 0.15) is 5.82 Å². The van der Waals surface area contributed by atoms with Crippen LogP contribution in [0.2, 0.25) is 0 Å². The van der Waals surface area contributed by atoms with Crippen LogP contribution in [0.25, 0.3) is 11.4 Å². The second kappa shape index (κ2) is 7.33. The number of benzene rings is 1. The Labute approximate surface area is 147 Å². The van der Waals surface area contributed by atoms with E-state index in [0.717, 1.165) is 29.2 Å². The van der Waals surface area contributed by atoms with Gasteiger partial charge in [-0.2, -0.15) is 5.10 Å². The van der Waals surface area contributed by atoms with Gasteiger partial charge in [-0.15, -0.1) is 0 Å². The average Bonchev–Trinajstić information content (AvgIpc) is 2.99. The minimum atomic E-state index is -0.0210. The Morgan fingerprint density at radius 1 is 1.40 bits per heavy atom. The lowest BCUT2D eigenvalue weighted by molar-refractivity contribution is -0.121. The summed E-state index contributed by atoms with van der Waals surface area (Å²) in [5, 5.41) is 10.0. The molecule has 1 aromatic carbocycles. The third kappa shape index (κ3) is 4.24. The second-order valence-electron chi connectivity index (χ2n) is 6.74. The number of carbonyl (C=O) groups excluding carboxylic acids is 1. The lowest BCUT2D eigenvalue weighted by atomic mass is 10.1. The van der Waals surface area contributed by atoms with Gasteiger partial charge in [0.05, 0.1) is 19.3 Å². The molecule has 7 heteroatoms. The van der Waals surface area contributed by atoms with Crippen molar-refractivity contribution >= 4 is 11.6 Å². The van der Waals surface area contributed by atoms with Crippen LogP contribution in [0.3, 0.4) is 0 Å². The number of aromatic nitrogens is 3. The highest BCUT2D eigenvalue weighted by Crippen LogP contribution is 2.23. The molecule has 0 spiro atoms. The van der Waals surface area contributed by atoms with Crippen molar-refractivity contribution in [1.82, 2.24) is 20.1 Å². The van der Waals surface area contributed by atoms with E-state index in [-0.39, 0.29) is 18.1 Å². The van der Waals surface area contributed by atoms with Crippen molar-refractivity contribution in [3.8, 4) is 11.4 Å². The van der Waals surface area contributed by atoms with Crippen molar-refractivity contribution in [2.45, 2.75) is 39.8 Å². The van der Waals surface area contributed by atoms with Gasteiger partial charge in [-0.3, -0.25) is 14.8 Å². The molecule has 134 valence electrons. The molecule has 0 unspecified atom stereocenters. The lowest BCUT2D eigenvalue weighted by Crippen LogP contribution is -2.50. The lowest BCUT2D eigenvalue weighted by Gasteiger charge is -2.36. The summed E-state index contributed by atoms with van der Waals surface area (Å²) < 4.78 is 5.62. The molecular formula is C18H25N5O2. The van der Waals surface area contributed by atoms with E-state index < -0.39 is 0 Å². The molecule has 0 saturated carbocycles. The number of rotatable bonds is 4. The molecule has 1 fully saturated rings. The average molecular weight is 343 g/mol. The van der Waals surface area contributed by atoms with Gasteiger partial charge < -0.3 is 10.1 Å². The van der Waals surface area contributed by atoms with Crippen molar-refractivity contribution in [1.29, 1.82) is 0 Å². The molecule has 2 heterocycles. The van der Waals surface area contributed by atoms with Crippen molar-refractivity contribution < 1.29 is 9.53 Å². The maximum Gasteiger partial charge on any atom is 0.238 e. The standard InChI is InChI=1S/C18H25N5O2/c1-11-5-6-15(18-19-14(4)21-22-18)7-16(11)20-17(24)9-23-8-13(3)25-10-12(23)2/h5-7,12-13H,8-10H2,1-4H3,(H,20,24)(H,19,21,22)/t12-,13+/m1/s1. The van der Waals surface area contributed by atoms with E-state index in [0.29, 0.717) is 19.0 Å². The first-order valence-corrected chi connectivity index (χ1v) is 8.58. The van der Waals surface area contributed by atoms with Gasteiger partial charge in [-0.1, -0.05) is 12.1 Å². The smallest absolute Gasteiger partial charge is 0.238 e. The molecule has 2 N–H and O–H groups in total. The highest BCUT2D eigenvalue weighted by Gasteiger charge is 2.25. The first kappa shape index (κ1) is 17.6. The second-order valence-corrected chi connectivity index (χ2v) is 6.74. The predicted octanol–water partition coefficient (Wildman–Crippen LogP) is 2.14. The van der Waals surface area contributed by atoms with Crippen molar-refractivity contribution in [2.24, 2.45) is 0 Å². The fraction of sp³-hybridized carbons (Fsp3) is 0.500. The quantitative estimate of drug-likeness (QED) is 0.889. The monoisotopic (exact) mass is 343 g/mol. The van der Waals surface area contributed by atoms with E-state index in [4.69, 9.17) is 4.74 Å². The topological polar surface area (TPSA) is 83.1 Å². The Kier molecular flexibility index (Phi) is 5.15. The van der Waals surface area contributed by atoms with E-state index in [1.54, 1.807) is 0 Å². The van der Waals surface area contributed by atoms with Gasteiger partial charge in [-0.05, 0) is 39.3 Å². The predicted molar refractivity (Wildman–Crippen MR) is 96.4 cm³/mol. The van der Waals surface area contributed by atoms with Crippen LogP contribution in [0.5, 0.6) is 0 Å². The molecule has 1 aromatic heterocycles. The molecule has 2 aromatic rings. The number of ether oxygens (including phenoxy) is 1. The zero-order valence-corrected chi connectivity index (χ0v) is 15.2. The maximum absolute atomic E-state index is 12.5. The van der Waals surface area contributed by atoms with Crippen LogP contribution in [0.1, 0.15) is 25.2 Å². The number of hydrogen-bond acceptors (Lipinski definition) is 5. The summed E-state index contributed by atoms with van der Waals surface area (Å²) in [4.78, 5) is 19.0. The maximum atomic E-state index is 12.5. The molecule has 0 radical (unpaired) electrons. The molecule has 0 bridgehead atoms. The number of anilines is 1. The largest absolute Gasteiger partial charge is 0.376 e. The van der Waals surface area contributed by atoms with E-state index in [1.165, 1.54) is 0 Å². The Balaban J connectivity index is 1.70. The number of aromatic amines is 1. The molecular weight excluding hydrogens is 318 g/mol. The van der Waals surface area contributed by atoms with Crippen LogP contribution in [-0.4, -0.2) is 57.8 Å². The Morgan fingerprint density at radius 3 is 2.92 bits per heavy atom. The van der Waals surface area contributed by atoms with Gasteiger partial charge in [0, 0.05) is 23.8 Å². The number of carbonyl (C=O) groups is 1. The van der Waals surface area contributed by atoms with Crippen molar-refractivity contribution in [3.63, 3.8) is 0 Å². The summed E-state index contributed by atoms with van der Waals surface area (Å²) in [5.74, 6) is 1.37. The van der Waals surface area contributed by atoms with E-state index in [9.17, 15) is 4.79 Å². The number of aryl methyl sites for hydroxylation is 2. The third-order valence-electron chi connectivity index (χ3n) is 4.45. The van der Waals surface area contributed by atoms with Gasteiger partial charge in [0.15, 0.2) is 5.82 Å². The van der Waals surface area contributed by atoms with Crippen molar-refractivity contribution in [3.05, 3.63) is 29.6 Å². The minimum absolute atomic E-state index is 0.0210. The molecule has 1 aliphatic rings. The first-order valence-electron chi connectivity index (χ1n) is 8.58. The Bertz CT molecular complexity index is 758. The Hall–Kier alpha value is -2.25. The van der Waals surface area contributed by atoms with Crippen molar-refractivity contribution in [2.75, 3.05) is 25.0 Å². The Morgan fingerprint density at radius 2 is 2.20 bits per heavy atom. The zero-order valence-electron chi connectivity index (χ0n) is 15.2. The molecule has 1 amide bonds. The fourth-order valence-corrected chi connectivity index (χ4v) is 2.93. The molecule has 1 saturated heterocycles. The zero-order chi connectivity index (χ0) is 18.0. The summed E-state index contributed by atoms with van der Waals surface area (Å²) in [7, 11) is 0. The number of nitrogens with zero attached hydrogens (tertiary/aromatic N) is 3. The minimum Gasteiger partial charge on any atom is -0.376 e. The highest BCUT2D eigenvalue weighted by molar-refractivity contribution is 5.93. The number of nitrogens with one attached hydrogen (secondary N) is 2. The summed E-state index contributed by atoms with van der Waals surface area (Å²) in [6.45, 7) is 9.73. The van der Waals surface area contributed by atoms with Crippen LogP contribution >= 0.6 is 0 Å². The summed E-state index contributed by atoms with van der Waals surface area (Å²) in [6, 6.07) is 6.09. The van der Waals surface area contributed by atoms with Crippen LogP contribution < -0.4 is 5.32 Å². The number of morpholine rings is 1. The SMILES string of the molecule is Cc1nc(-c2ccc(C)c(NC(=O)CN3C[C@H](C)OC[C@H]3C)c2)n[nH]1. The molecule has 0 aliphatic carbocycles. The van der Waals surface area contributed by atoms with Gasteiger partial charge in [0.2, 0.25) is 5.91 Å². The summed E-state index contributed by atoms with van der Waals surface area (Å²) >= 11 is 0. The van der Waals surface area contributed by atoms with Crippen LogP contribution in [0, 0.1) is 13.8 Å². The van der Waals surface area contributed by atoms with Gasteiger partial charge >= 0.3 is 0 Å². The summed E-state index contributed by atoms with van der Waals surface area (Å²) in [6.07, 6.45) is 0.156. The van der Waals surface area contributed by atoms with Gasteiger partial charge in [-0.25, -0.2) is 4.98 Å². The van der Waals surface area contributed by atoms with Crippen LogP contribution in [0.15, 0.2) is 18.2 Å². The molecule has 1 aliphatic heterocycles. The number of amides is 1. The normalized spacial score (nSPS) is 21.3. The van der Waals surface area contributed by atoms with Crippen LogP contribution in [-0.2, 0) is 9.53 Å². The first-order chi connectivity index (χ1) is 11.9. The number of hydrogen-bond donors (Lipinski definition) is 2. The van der Waals surface area contributed by atoms with Crippen LogP contribution in [0.4, 0.5) is 5.69 Å². The van der Waals surface area contributed by atoms with Gasteiger partial charge in [0.25, 0.3) is 0 Å². The fourth-order valence-electron chi connectivity index (χ4n) is 2.93. The van der Waals surface area contributed by atoms with E-state index in [2.05, 4.69) is 32.3 Å². The number of H-pyrrole nitrogens is 1. The molecule has 3 rings (SSSR count). The third-order valence-corrected chi connectivity index (χ3v) is 4.45. The highest BCUT2D eigenvalue weighted by atomic mass is 16.5.